The lowest BCUT2D eigenvalue weighted by Crippen LogP contribution is -2.49. The van der Waals surface area contributed by atoms with Crippen LogP contribution in [0.5, 0.6) is 0 Å². The zero-order valence-electron chi connectivity index (χ0n) is 14.4. The Balaban J connectivity index is 1.26. The highest BCUT2D eigenvalue weighted by molar-refractivity contribution is 5.68. The van der Waals surface area contributed by atoms with E-state index < -0.39 is 0 Å². The van der Waals surface area contributed by atoms with Crippen molar-refractivity contribution in [3.8, 4) is 0 Å². The summed E-state index contributed by atoms with van der Waals surface area (Å²) >= 11 is 0. The number of allylic oxidation sites excluding steroid dienone is 2. The molecule has 2 bridgehead atoms. The minimum atomic E-state index is -0.133. The number of benzene rings is 1. The van der Waals surface area contributed by atoms with Gasteiger partial charge in [0.15, 0.2) is 0 Å². The average molecular weight is 326 g/mol. The van der Waals surface area contributed by atoms with E-state index in [0.717, 1.165) is 32.1 Å². The molecule has 2 fully saturated rings. The van der Waals surface area contributed by atoms with Crippen LogP contribution in [0.3, 0.4) is 0 Å². The number of carbonyl (C=O) groups excluding carboxylic acids is 1. The number of amides is 1. The summed E-state index contributed by atoms with van der Waals surface area (Å²) in [5, 5.41) is 0. The lowest BCUT2D eigenvalue weighted by Gasteiger charge is -2.36. The fourth-order valence-electron chi connectivity index (χ4n) is 4.40. The van der Waals surface area contributed by atoms with Crippen molar-refractivity contribution < 1.29 is 9.53 Å². The third-order valence-electron chi connectivity index (χ3n) is 5.83. The number of nitrogens with zero attached hydrogens (tertiary/aromatic N) is 2. The van der Waals surface area contributed by atoms with Crippen LogP contribution in [0, 0.1) is 24.7 Å². The maximum atomic E-state index is 12.3. The molecule has 0 aromatic heterocycles. The van der Waals surface area contributed by atoms with Crippen LogP contribution in [0.25, 0.3) is 0 Å². The van der Waals surface area contributed by atoms with Crippen molar-refractivity contribution in [1.29, 1.82) is 0 Å². The van der Waals surface area contributed by atoms with Gasteiger partial charge in [0.1, 0.15) is 0 Å². The molecule has 3 aliphatic rings. The minimum absolute atomic E-state index is 0.133. The van der Waals surface area contributed by atoms with Gasteiger partial charge in [-0.1, -0.05) is 30.4 Å². The normalized spacial score (nSPS) is 28.5. The molecule has 1 saturated carbocycles. The lowest BCUT2D eigenvalue weighted by atomic mass is 9.95. The van der Waals surface area contributed by atoms with Crippen LogP contribution in [-0.2, 0) is 4.74 Å². The van der Waals surface area contributed by atoms with Crippen molar-refractivity contribution in [3.05, 3.63) is 42.0 Å². The van der Waals surface area contributed by atoms with Crippen molar-refractivity contribution in [2.75, 3.05) is 37.7 Å². The van der Waals surface area contributed by atoms with Gasteiger partial charge in [0.05, 0.1) is 6.61 Å². The first-order chi connectivity index (χ1) is 11.7. The van der Waals surface area contributed by atoms with Crippen LogP contribution in [0.2, 0.25) is 0 Å². The molecule has 1 aromatic carbocycles. The number of anilines is 1. The molecular formula is C20H26N2O2. The average Bonchev–Trinajstić information content (AvgIpc) is 3.23. The van der Waals surface area contributed by atoms with Crippen LogP contribution >= 0.6 is 0 Å². The first kappa shape index (κ1) is 15.6. The molecule has 1 aliphatic heterocycles. The molecule has 3 unspecified atom stereocenters. The van der Waals surface area contributed by atoms with Gasteiger partial charge >= 0.3 is 6.09 Å². The Morgan fingerprint density at radius 1 is 1.12 bits per heavy atom. The van der Waals surface area contributed by atoms with E-state index in [9.17, 15) is 4.79 Å². The summed E-state index contributed by atoms with van der Waals surface area (Å²) in [6.07, 6.45) is 6.96. The topological polar surface area (TPSA) is 32.8 Å². The monoisotopic (exact) mass is 326 g/mol. The molecule has 0 N–H and O–H groups in total. The summed E-state index contributed by atoms with van der Waals surface area (Å²) in [5.74, 6) is 1.91. The number of ether oxygens (including phenoxy) is 1. The van der Waals surface area contributed by atoms with Gasteiger partial charge in [0.2, 0.25) is 0 Å². The molecule has 1 aromatic rings. The molecule has 0 spiro atoms. The molecule has 1 amide bonds. The second kappa shape index (κ2) is 6.50. The van der Waals surface area contributed by atoms with Crippen LogP contribution in [0.1, 0.15) is 18.4 Å². The SMILES string of the molecule is Cc1ccccc1N1CCN(C(=O)OCC2CC3C=CC2C3)CC1. The summed E-state index contributed by atoms with van der Waals surface area (Å²) < 4.78 is 5.62. The van der Waals surface area contributed by atoms with Gasteiger partial charge < -0.3 is 14.5 Å². The Hall–Kier alpha value is -1.97. The molecule has 1 saturated heterocycles. The third kappa shape index (κ3) is 3.02. The van der Waals surface area contributed by atoms with Gasteiger partial charge in [-0.25, -0.2) is 4.79 Å². The second-order valence-electron chi connectivity index (χ2n) is 7.38. The van der Waals surface area contributed by atoms with E-state index in [1.165, 1.54) is 24.1 Å². The van der Waals surface area contributed by atoms with Gasteiger partial charge in [0.25, 0.3) is 0 Å². The molecule has 4 heteroatoms. The Morgan fingerprint density at radius 3 is 2.58 bits per heavy atom. The van der Waals surface area contributed by atoms with Crippen molar-refractivity contribution in [3.63, 3.8) is 0 Å². The predicted molar refractivity (Wildman–Crippen MR) is 95.2 cm³/mol. The fraction of sp³-hybridized carbons (Fsp3) is 0.550. The van der Waals surface area contributed by atoms with Gasteiger partial charge in [-0.2, -0.15) is 0 Å². The van der Waals surface area contributed by atoms with Crippen molar-refractivity contribution in [1.82, 2.24) is 4.90 Å². The fourth-order valence-corrected chi connectivity index (χ4v) is 4.40. The number of hydrogen-bond acceptors (Lipinski definition) is 3. The number of hydrogen-bond donors (Lipinski definition) is 0. The predicted octanol–water partition coefficient (Wildman–Crippen LogP) is 3.47. The van der Waals surface area contributed by atoms with Gasteiger partial charge in [-0.3, -0.25) is 0 Å². The number of carbonyl (C=O) groups is 1. The maximum absolute atomic E-state index is 12.3. The highest BCUT2D eigenvalue weighted by Gasteiger charge is 2.36. The van der Waals surface area contributed by atoms with E-state index in [1.54, 1.807) is 0 Å². The smallest absolute Gasteiger partial charge is 0.409 e. The van der Waals surface area contributed by atoms with E-state index in [4.69, 9.17) is 4.74 Å². The second-order valence-corrected chi connectivity index (χ2v) is 7.38. The summed E-state index contributed by atoms with van der Waals surface area (Å²) in [6, 6.07) is 8.44. The van der Waals surface area contributed by atoms with Gasteiger partial charge in [-0.15, -0.1) is 0 Å². The zero-order valence-corrected chi connectivity index (χ0v) is 14.4. The van der Waals surface area contributed by atoms with E-state index in [0.29, 0.717) is 18.4 Å². The highest BCUT2D eigenvalue weighted by Crippen LogP contribution is 2.43. The Morgan fingerprint density at radius 2 is 1.92 bits per heavy atom. The standard InChI is InChI=1S/C20H26N2O2/c1-15-4-2-3-5-19(15)21-8-10-22(11-9-21)20(23)24-14-18-13-16-6-7-17(18)12-16/h2-7,16-18H,8-14H2,1H3. The van der Waals surface area contributed by atoms with Gasteiger partial charge in [-0.05, 0) is 43.2 Å². The minimum Gasteiger partial charge on any atom is -0.449 e. The molecule has 128 valence electrons. The number of piperazine rings is 1. The van der Waals surface area contributed by atoms with Gasteiger partial charge in [0, 0.05) is 37.8 Å². The van der Waals surface area contributed by atoms with Crippen LogP contribution in [0.4, 0.5) is 10.5 Å². The van der Waals surface area contributed by atoms with E-state index >= 15 is 0 Å². The maximum Gasteiger partial charge on any atom is 0.409 e. The Labute approximate surface area is 144 Å². The number of rotatable bonds is 3. The number of para-hydroxylation sites is 1. The highest BCUT2D eigenvalue weighted by atomic mass is 16.6. The Kier molecular flexibility index (Phi) is 4.21. The molecule has 4 rings (SSSR count). The molecule has 3 atom stereocenters. The molecular weight excluding hydrogens is 300 g/mol. The summed E-state index contributed by atoms with van der Waals surface area (Å²) in [4.78, 5) is 16.6. The molecule has 0 radical (unpaired) electrons. The quantitative estimate of drug-likeness (QED) is 0.798. The molecule has 2 aliphatic carbocycles. The molecule has 4 nitrogen and oxygen atoms in total. The summed E-state index contributed by atoms with van der Waals surface area (Å²) in [5.41, 5.74) is 2.57. The first-order valence-corrected chi connectivity index (χ1v) is 9.11. The molecule has 1 heterocycles. The number of fused-ring (bicyclic) bond motifs is 2. The number of aryl methyl sites for hydroxylation is 1. The summed E-state index contributed by atoms with van der Waals surface area (Å²) in [6.45, 7) is 5.95. The first-order valence-electron chi connectivity index (χ1n) is 9.11. The summed E-state index contributed by atoms with van der Waals surface area (Å²) in [7, 11) is 0. The molecule has 24 heavy (non-hydrogen) atoms. The van der Waals surface area contributed by atoms with Crippen molar-refractivity contribution in [2.45, 2.75) is 19.8 Å². The van der Waals surface area contributed by atoms with E-state index in [2.05, 4.69) is 48.2 Å². The van der Waals surface area contributed by atoms with E-state index in [-0.39, 0.29) is 6.09 Å². The van der Waals surface area contributed by atoms with E-state index in [1.807, 2.05) is 4.90 Å². The zero-order chi connectivity index (χ0) is 16.5. The largest absolute Gasteiger partial charge is 0.449 e. The van der Waals surface area contributed by atoms with Crippen LogP contribution in [0.15, 0.2) is 36.4 Å². The Bertz CT molecular complexity index is 634. The van der Waals surface area contributed by atoms with Crippen molar-refractivity contribution >= 4 is 11.8 Å². The third-order valence-corrected chi connectivity index (χ3v) is 5.83. The van der Waals surface area contributed by atoms with Crippen LogP contribution < -0.4 is 4.90 Å². The van der Waals surface area contributed by atoms with Crippen LogP contribution in [-0.4, -0.2) is 43.8 Å². The van der Waals surface area contributed by atoms with Crippen molar-refractivity contribution in [2.24, 2.45) is 17.8 Å². The lowest BCUT2D eigenvalue weighted by molar-refractivity contribution is 0.0814.